The lowest BCUT2D eigenvalue weighted by molar-refractivity contribution is -0.0433. The van der Waals surface area contributed by atoms with E-state index in [4.69, 9.17) is 9.47 Å². The van der Waals surface area contributed by atoms with E-state index in [2.05, 4.69) is 11.9 Å². The van der Waals surface area contributed by atoms with Crippen molar-refractivity contribution < 1.29 is 13.9 Å². The average molecular weight is 321 g/mol. The molecule has 0 bridgehead atoms. The largest absolute Gasteiger partial charge is 0.489 e. The van der Waals surface area contributed by atoms with Gasteiger partial charge in [-0.05, 0) is 56.6 Å². The Morgan fingerprint density at radius 2 is 1.96 bits per heavy atom. The molecule has 0 aromatic carbocycles. The Balaban J connectivity index is 1.55. The van der Waals surface area contributed by atoms with Crippen molar-refractivity contribution in [2.75, 3.05) is 13.2 Å². The summed E-state index contributed by atoms with van der Waals surface area (Å²) in [6, 6.07) is 3.57. The lowest BCUT2D eigenvalue weighted by atomic mass is 9.77. The van der Waals surface area contributed by atoms with E-state index in [0.29, 0.717) is 19.3 Å². The smallest absolute Gasteiger partial charge is 0.255 e. The van der Waals surface area contributed by atoms with E-state index < -0.39 is 5.95 Å². The lowest BCUT2D eigenvalue weighted by Gasteiger charge is -2.37. The fourth-order valence-corrected chi connectivity index (χ4v) is 3.96. The minimum absolute atomic E-state index is 0.207. The molecule has 2 aliphatic rings. The zero-order chi connectivity index (χ0) is 16.2. The summed E-state index contributed by atoms with van der Waals surface area (Å²) >= 11 is 0. The summed E-state index contributed by atoms with van der Waals surface area (Å²) in [5, 5.41) is 0. The van der Waals surface area contributed by atoms with Gasteiger partial charge in [0.1, 0.15) is 0 Å². The van der Waals surface area contributed by atoms with E-state index in [-0.39, 0.29) is 11.7 Å². The van der Waals surface area contributed by atoms with Gasteiger partial charge >= 0.3 is 0 Å². The van der Waals surface area contributed by atoms with Gasteiger partial charge in [-0.3, -0.25) is 0 Å². The van der Waals surface area contributed by atoms with E-state index in [0.717, 1.165) is 30.4 Å². The highest BCUT2D eigenvalue weighted by molar-refractivity contribution is 5.23. The molecule has 0 radical (unpaired) electrons. The summed E-state index contributed by atoms with van der Waals surface area (Å²) < 4.78 is 25.3. The first-order valence-corrected chi connectivity index (χ1v) is 9.08. The molecule has 0 spiro atoms. The SMILES string of the molecule is CCOc1ccc(C2CCC(C3CCC(C)CC3)OC2)nc1F. The predicted molar refractivity (Wildman–Crippen MR) is 88.2 cm³/mol. The van der Waals surface area contributed by atoms with Crippen molar-refractivity contribution in [3.8, 4) is 5.75 Å². The van der Waals surface area contributed by atoms with Gasteiger partial charge in [0.15, 0.2) is 5.75 Å². The molecule has 0 amide bonds. The number of halogens is 1. The zero-order valence-electron chi connectivity index (χ0n) is 14.3. The topological polar surface area (TPSA) is 31.4 Å². The first kappa shape index (κ1) is 16.7. The maximum Gasteiger partial charge on any atom is 0.255 e. The van der Waals surface area contributed by atoms with Crippen LogP contribution in [0.3, 0.4) is 0 Å². The molecule has 1 aliphatic carbocycles. The number of rotatable bonds is 4. The Hall–Kier alpha value is -1.16. The molecule has 3 nitrogen and oxygen atoms in total. The van der Waals surface area contributed by atoms with Crippen molar-refractivity contribution >= 4 is 0 Å². The summed E-state index contributed by atoms with van der Waals surface area (Å²) in [6.45, 7) is 5.30. The summed E-state index contributed by atoms with van der Waals surface area (Å²) in [7, 11) is 0. The van der Waals surface area contributed by atoms with Crippen molar-refractivity contribution in [2.24, 2.45) is 11.8 Å². The van der Waals surface area contributed by atoms with E-state index in [1.54, 1.807) is 6.07 Å². The summed E-state index contributed by atoms with van der Waals surface area (Å²) in [6.07, 6.45) is 7.77. The van der Waals surface area contributed by atoms with E-state index in [1.807, 2.05) is 13.0 Å². The summed E-state index contributed by atoms with van der Waals surface area (Å²) in [5.41, 5.74) is 0.793. The highest BCUT2D eigenvalue weighted by Gasteiger charge is 2.31. The van der Waals surface area contributed by atoms with Gasteiger partial charge in [-0.15, -0.1) is 0 Å². The van der Waals surface area contributed by atoms with Crippen LogP contribution in [0.1, 0.15) is 64.0 Å². The molecule has 2 heterocycles. The highest BCUT2D eigenvalue weighted by atomic mass is 19.1. The predicted octanol–water partition coefficient (Wildman–Crippen LogP) is 4.71. The normalized spacial score (nSPS) is 31.8. The van der Waals surface area contributed by atoms with E-state index >= 15 is 0 Å². The van der Waals surface area contributed by atoms with Crippen LogP contribution in [-0.2, 0) is 4.74 Å². The van der Waals surface area contributed by atoms with Crippen LogP contribution < -0.4 is 4.74 Å². The van der Waals surface area contributed by atoms with Gasteiger partial charge in [-0.2, -0.15) is 4.39 Å². The Morgan fingerprint density at radius 1 is 1.17 bits per heavy atom. The minimum atomic E-state index is -0.507. The van der Waals surface area contributed by atoms with Crippen molar-refractivity contribution in [3.63, 3.8) is 0 Å². The van der Waals surface area contributed by atoms with Crippen LogP contribution in [0.5, 0.6) is 5.75 Å². The Kier molecular flexibility index (Phi) is 5.52. The first-order chi connectivity index (χ1) is 11.2. The Labute approximate surface area is 138 Å². The first-order valence-electron chi connectivity index (χ1n) is 9.08. The van der Waals surface area contributed by atoms with Gasteiger partial charge in [0.05, 0.1) is 19.3 Å². The van der Waals surface area contributed by atoms with Crippen molar-refractivity contribution in [3.05, 3.63) is 23.8 Å². The molecule has 4 heteroatoms. The van der Waals surface area contributed by atoms with Gasteiger partial charge in [0, 0.05) is 11.6 Å². The number of ether oxygens (including phenoxy) is 2. The molecular weight excluding hydrogens is 293 g/mol. The molecule has 1 aromatic rings. The second kappa shape index (κ2) is 7.61. The molecular formula is C19H28FNO2. The second-order valence-corrected chi connectivity index (χ2v) is 7.12. The third-order valence-electron chi connectivity index (χ3n) is 5.45. The maximum absolute atomic E-state index is 13.9. The van der Waals surface area contributed by atoms with Gasteiger partial charge < -0.3 is 9.47 Å². The molecule has 23 heavy (non-hydrogen) atoms. The number of hydrogen-bond donors (Lipinski definition) is 0. The molecule has 1 saturated carbocycles. The fraction of sp³-hybridized carbons (Fsp3) is 0.737. The standard InChI is InChI=1S/C19H28FNO2/c1-3-22-18-11-9-16(21-19(18)20)15-8-10-17(23-12-15)14-6-4-13(2)5-7-14/h9,11,13-15,17H,3-8,10,12H2,1-2H3. The number of hydrogen-bond acceptors (Lipinski definition) is 3. The summed E-state index contributed by atoms with van der Waals surface area (Å²) in [4.78, 5) is 4.09. The summed E-state index contributed by atoms with van der Waals surface area (Å²) in [5.74, 6) is 1.53. The Bertz CT molecular complexity index is 506. The third-order valence-corrected chi connectivity index (χ3v) is 5.45. The minimum Gasteiger partial charge on any atom is -0.489 e. The third kappa shape index (κ3) is 4.03. The van der Waals surface area contributed by atoms with Gasteiger partial charge in [0.25, 0.3) is 5.95 Å². The van der Waals surface area contributed by atoms with Gasteiger partial charge in [-0.25, -0.2) is 4.98 Å². The van der Waals surface area contributed by atoms with Crippen LogP contribution in [0.2, 0.25) is 0 Å². The quantitative estimate of drug-likeness (QED) is 0.753. The maximum atomic E-state index is 13.9. The van der Waals surface area contributed by atoms with Gasteiger partial charge in [-0.1, -0.05) is 19.8 Å². The number of nitrogens with zero attached hydrogens (tertiary/aromatic N) is 1. The molecule has 1 aliphatic heterocycles. The zero-order valence-corrected chi connectivity index (χ0v) is 14.3. The van der Waals surface area contributed by atoms with Crippen molar-refractivity contribution in [1.82, 2.24) is 4.98 Å². The van der Waals surface area contributed by atoms with Crippen molar-refractivity contribution in [2.45, 2.75) is 64.4 Å². The number of pyridine rings is 1. The van der Waals surface area contributed by atoms with Crippen molar-refractivity contribution in [1.29, 1.82) is 0 Å². The molecule has 0 N–H and O–H groups in total. The van der Waals surface area contributed by atoms with Crippen LogP contribution in [0.25, 0.3) is 0 Å². The lowest BCUT2D eigenvalue weighted by Crippen LogP contribution is -2.33. The molecule has 128 valence electrons. The average Bonchev–Trinajstić information content (AvgIpc) is 2.58. The second-order valence-electron chi connectivity index (χ2n) is 7.12. The van der Waals surface area contributed by atoms with Crippen LogP contribution in [0.4, 0.5) is 4.39 Å². The van der Waals surface area contributed by atoms with E-state index in [9.17, 15) is 4.39 Å². The molecule has 1 aromatic heterocycles. The highest BCUT2D eigenvalue weighted by Crippen LogP contribution is 2.37. The molecule has 2 fully saturated rings. The van der Waals surface area contributed by atoms with E-state index in [1.165, 1.54) is 25.7 Å². The molecule has 3 rings (SSSR count). The van der Waals surface area contributed by atoms with Crippen LogP contribution in [0.15, 0.2) is 12.1 Å². The van der Waals surface area contributed by atoms with Crippen LogP contribution >= 0.6 is 0 Å². The Morgan fingerprint density at radius 3 is 2.57 bits per heavy atom. The number of aromatic nitrogens is 1. The van der Waals surface area contributed by atoms with Crippen LogP contribution in [0, 0.1) is 17.8 Å². The van der Waals surface area contributed by atoms with Crippen LogP contribution in [-0.4, -0.2) is 24.3 Å². The monoisotopic (exact) mass is 321 g/mol. The molecule has 2 atom stereocenters. The molecule has 1 saturated heterocycles. The fourth-order valence-electron chi connectivity index (χ4n) is 3.96. The van der Waals surface area contributed by atoms with Gasteiger partial charge in [0.2, 0.25) is 0 Å². The molecule has 2 unspecified atom stereocenters.